The van der Waals surface area contributed by atoms with Gasteiger partial charge in [-0.3, -0.25) is 0 Å². The van der Waals surface area contributed by atoms with E-state index in [1.807, 2.05) is 0 Å². The van der Waals surface area contributed by atoms with Crippen LogP contribution in [0.15, 0.2) is 6.33 Å². The number of H-pyrrole nitrogens is 1. The summed E-state index contributed by atoms with van der Waals surface area (Å²) in [5, 5.41) is 7.80. The molecule has 1 saturated carbocycles. The summed E-state index contributed by atoms with van der Waals surface area (Å²) in [6, 6.07) is 0.407. The third-order valence-corrected chi connectivity index (χ3v) is 2.59. The molecular formula is C8H14N4. The van der Waals surface area contributed by atoms with E-state index in [1.165, 1.54) is 0 Å². The smallest absolute Gasteiger partial charge is 0.133 e. The average Bonchev–Trinajstić information content (AvgIpc) is 2.58. The molecule has 0 amide bonds. The van der Waals surface area contributed by atoms with E-state index in [2.05, 4.69) is 15.2 Å². The monoisotopic (exact) mass is 166 g/mol. The zero-order chi connectivity index (χ0) is 8.39. The molecular weight excluding hydrogens is 152 g/mol. The third-order valence-electron chi connectivity index (χ3n) is 2.59. The van der Waals surface area contributed by atoms with E-state index in [-0.39, 0.29) is 0 Å². The number of hydrogen-bond acceptors (Lipinski definition) is 3. The van der Waals surface area contributed by atoms with Crippen molar-refractivity contribution in [1.29, 1.82) is 0 Å². The molecule has 3 N–H and O–H groups in total. The number of hydrogen-bond donors (Lipinski definition) is 2. The molecule has 0 saturated heterocycles. The van der Waals surface area contributed by atoms with E-state index in [0.29, 0.717) is 12.0 Å². The van der Waals surface area contributed by atoms with E-state index in [9.17, 15) is 0 Å². The maximum atomic E-state index is 5.80. The molecule has 0 radical (unpaired) electrons. The molecule has 0 spiro atoms. The van der Waals surface area contributed by atoms with E-state index in [4.69, 9.17) is 5.73 Å². The van der Waals surface area contributed by atoms with Gasteiger partial charge in [-0.05, 0) is 25.7 Å². The fourth-order valence-corrected chi connectivity index (χ4v) is 1.81. The molecule has 12 heavy (non-hydrogen) atoms. The molecule has 2 rings (SSSR count). The molecule has 4 heteroatoms. The van der Waals surface area contributed by atoms with Crippen LogP contribution in [0.1, 0.15) is 37.4 Å². The lowest BCUT2D eigenvalue weighted by molar-refractivity contribution is 0.385. The zero-order valence-corrected chi connectivity index (χ0v) is 7.03. The van der Waals surface area contributed by atoms with Crippen molar-refractivity contribution in [2.75, 3.05) is 0 Å². The second kappa shape index (κ2) is 3.23. The lowest BCUT2D eigenvalue weighted by Gasteiger charge is -2.23. The van der Waals surface area contributed by atoms with Crippen LogP contribution in [0, 0.1) is 0 Å². The van der Waals surface area contributed by atoms with Crippen LogP contribution in [0.5, 0.6) is 0 Å². The van der Waals surface area contributed by atoms with Gasteiger partial charge in [-0.2, -0.15) is 0 Å². The Bertz CT molecular complexity index is 223. The van der Waals surface area contributed by atoms with E-state index in [1.54, 1.807) is 6.33 Å². The fourth-order valence-electron chi connectivity index (χ4n) is 1.81. The van der Waals surface area contributed by atoms with E-state index < -0.39 is 0 Å². The molecule has 0 aliphatic heterocycles. The summed E-state index contributed by atoms with van der Waals surface area (Å²) in [5.41, 5.74) is 5.80. The van der Waals surface area contributed by atoms with Crippen LogP contribution in [0.3, 0.4) is 0 Å². The predicted octanol–water partition coefficient (Wildman–Crippen LogP) is 0.790. The summed E-state index contributed by atoms with van der Waals surface area (Å²) in [5.74, 6) is 1.59. The first-order valence-corrected chi connectivity index (χ1v) is 4.48. The maximum absolute atomic E-state index is 5.80. The summed E-state index contributed by atoms with van der Waals surface area (Å²) >= 11 is 0. The normalized spacial score (nSPS) is 30.4. The second-order valence-corrected chi connectivity index (χ2v) is 3.49. The number of nitrogens with zero attached hydrogens (tertiary/aromatic N) is 2. The Hall–Kier alpha value is -0.900. The van der Waals surface area contributed by atoms with Crippen molar-refractivity contribution in [3.63, 3.8) is 0 Å². The number of nitrogens with one attached hydrogen (secondary N) is 1. The molecule has 1 aromatic rings. The van der Waals surface area contributed by atoms with Crippen LogP contribution in [0.25, 0.3) is 0 Å². The van der Waals surface area contributed by atoms with Crippen LogP contribution < -0.4 is 5.73 Å². The molecule has 1 aliphatic rings. The van der Waals surface area contributed by atoms with Gasteiger partial charge in [0.15, 0.2) is 0 Å². The Kier molecular flexibility index (Phi) is 2.08. The van der Waals surface area contributed by atoms with Crippen LogP contribution in [0.4, 0.5) is 0 Å². The third kappa shape index (κ3) is 1.48. The van der Waals surface area contributed by atoms with E-state index >= 15 is 0 Å². The van der Waals surface area contributed by atoms with Gasteiger partial charge in [-0.1, -0.05) is 0 Å². The molecule has 0 atom stereocenters. The van der Waals surface area contributed by atoms with Gasteiger partial charge in [0.05, 0.1) is 0 Å². The molecule has 4 nitrogen and oxygen atoms in total. The highest BCUT2D eigenvalue weighted by Crippen LogP contribution is 2.29. The van der Waals surface area contributed by atoms with E-state index in [0.717, 1.165) is 31.5 Å². The van der Waals surface area contributed by atoms with Crippen molar-refractivity contribution in [3.8, 4) is 0 Å². The Balaban J connectivity index is 1.99. The summed E-state index contributed by atoms with van der Waals surface area (Å²) in [6.45, 7) is 0. The predicted molar refractivity (Wildman–Crippen MR) is 45.6 cm³/mol. The Morgan fingerprint density at radius 3 is 2.67 bits per heavy atom. The molecule has 0 unspecified atom stereocenters. The van der Waals surface area contributed by atoms with Crippen molar-refractivity contribution >= 4 is 0 Å². The summed E-state index contributed by atoms with van der Waals surface area (Å²) in [6.07, 6.45) is 6.17. The van der Waals surface area contributed by atoms with Gasteiger partial charge >= 0.3 is 0 Å². The molecule has 1 aliphatic carbocycles. The number of nitrogens with two attached hydrogens (primary N) is 1. The van der Waals surface area contributed by atoms with Crippen LogP contribution in [-0.4, -0.2) is 21.2 Å². The first-order chi connectivity index (χ1) is 5.86. The van der Waals surface area contributed by atoms with Crippen molar-refractivity contribution in [2.24, 2.45) is 5.73 Å². The average molecular weight is 166 g/mol. The zero-order valence-electron chi connectivity index (χ0n) is 7.03. The summed E-state index contributed by atoms with van der Waals surface area (Å²) in [4.78, 5) is 3.06. The fraction of sp³-hybridized carbons (Fsp3) is 0.750. The summed E-state index contributed by atoms with van der Waals surface area (Å²) < 4.78 is 0. The second-order valence-electron chi connectivity index (χ2n) is 3.49. The largest absolute Gasteiger partial charge is 0.331 e. The Morgan fingerprint density at radius 1 is 1.33 bits per heavy atom. The molecule has 0 aromatic carbocycles. The van der Waals surface area contributed by atoms with Gasteiger partial charge in [0.1, 0.15) is 12.2 Å². The van der Waals surface area contributed by atoms with Gasteiger partial charge in [-0.15, -0.1) is 10.2 Å². The highest BCUT2D eigenvalue weighted by molar-refractivity contribution is 4.95. The maximum Gasteiger partial charge on any atom is 0.133 e. The van der Waals surface area contributed by atoms with Gasteiger partial charge in [0, 0.05) is 12.0 Å². The highest BCUT2D eigenvalue weighted by Gasteiger charge is 2.21. The molecule has 1 aromatic heterocycles. The lowest BCUT2D eigenvalue weighted by atomic mass is 9.86. The number of aromatic nitrogens is 3. The minimum absolute atomic E-state index is 0.407. The SMILES string of the molecule is N[C@H]1CC[C@H](c2nnc[nH]2)CC1. The van der Waals surface area contributed by atoms with Gasteiger partial charge in [0.25, 0.3) is 0 Å². The van der Waals surface area contributed by atoms with Gasteiger partial charge < -0.3 is 10.7 Å². The van der Waals surface area contributed by atoms with Gasteiger partial charge in [-0.25, -0.2) is 0 Å². The molecule has 0 bridgehead atoms. The highest BCUT2D eigenvalue weighted by atomic mass is 15.2. The Morgan fingerprint density at radius 2 is 2.08 bits per heavy atom. The van der Waals surface area contributed by atoms with Crippen LogP contribution >= 0.6 is 0 Å². The topological polar surface area (TPSA) is 67.6 Å². The molecule has 1 fully saturated rings. The number of aromatic amines is 1. The number of rotatable bonds is 1. The molecule has 1 heterocycles. The Labute approximate surface area is 71.6 Å². The van der Waals surface area contributed by atoms with Crippen molar-refractivity contribution in [1.82, 2.24) is 15.2 Å². The van der Waals surface area contributed by atoms with Crippen LogP contribution in [0.2, 0.25) is 0 Å². The first-order valence-electron chi connectivity index (χ1n) is 4.48. The minimum atomic E-state index is 0.407. The minimum Gasteiger partial charge on any atom is -0.331 e. The molecule has 66 valence electrons. The quantitative estimate of drug-likeness (QED) is 0.648. The lowest BCUT2D eigenvalue weighted by Crippen LogP contribution is -2.26. The standard InChI is InChI=1S/C8H14N4/c9-7-3-1-6(2-4-7)8-10-5-11-12-8/h5-7H,1-4,9H2,(H,10,11,12)/t6-,7-. The first kappa shape index (κ1) is 7.73. The summed E-state index contributed by atoms with van der Waals surface area (Å²) in [7, 11) is 0. The van der Waals surface area contributed by atoms with Crippen molar-refractivity contribution in [3.05, 3.63) is 12.2 Å². The van der Waals surface area contributed by atoms with Crippen LogP contribution in [-0.2, 0) is 0 Å². The van der Waals surface area contributed by atoms with Crippen molar-refractivity contribution < 1.29 is 0 Å². The van der Waals surface area contributed by atoms with Crippen molar-refractivity contribution in [2.45, 2.75) is 37.6 Å². The van der Waals surface area contributed by atoms with Gasteiger partial charge in [0.2, 0.25) is 0 Å².